The van der Waals surface area contributed by atoms with Crippen molar-refractivity contribution >= 4 is 31.6 Å². The maximum Gasteiger partial charge on any atom is 0.308 e. The second kappa shape index (κ2) is 8.86. The van der Waals surface area contributed by atoms with Gasteiger partial charge >= 0.3 is 4.87 Å². The van der Waals surface area contributed by atoms with Crippen LogP contribution in [0.25, 0.3) is 10.2 Å². The van der Waals surface area contributed by atoms with Crippen molar-refractivity contribution in [2.24, 2.45) is 5.92 Å². The number of fused-ring (bicyclic) bond motifs is 1. The van der Waals surface area contributed by atoms with Gasteiger partial charge in [0.25, 0.3) is 0 Å². The number of benzene rings is 1. The Morgan fingerprint density at radius 2 is 2.11 bits per heavy atom. The van der Waals surface area contributed by atoms with Gasteiger partial charge in [-0.05, 0) is 62.9 Å². The standard InChI is InChI=1S/C19H29N3O3S2/c1-3-10-22-17-8-7-16(13-18(17)26-19(22)23)27(24,25)20-9-5-12-21-11-4-6-15(2)14-21/h7-8,13,15,20H,3-6,9-12,14H2,1-2H3. The average molecular weight is 412 g/mol. The molecule has 8 heteroatoms. The molecule has 1 N–H and O–H groups in total. The zero-order valence-corrected chi connectivity index (χ0v) is 17.7. The van der Waals surface area contributed by atoms with Crippen molar-refractivity contribution < 1.29 is 8.42 Å². The van der Waals surface area contributed by atoms with Gasteiger partial charge in [0, 0.05) is 19.6 Å². The Bertz CT molecular complexity index is 933. The number of aryl methyl sites for hydroxylation is 1. The molecule has 1 atom stereocenters. The first-order chi connectivity index (χ1) is 12.9. The smallest absolute Gasteiger partial charge is 0.303 e. The maximum atomic E-state index is 12.6. The van der Waals surface area contributed by atoms with E-state index in [0.717, 1.165) is 59.9 Å². The summed E-state index contributed by atoms with van der Waals surface area (Å²) in [6.07, 6.45) is 4.18. The van der Waals surface area contributed by atoms with Gasteiger partial charge in [-0.2, -0.15) is 0 Å². The van der Waals surface area contributed by atoms with Crippen LogP contribution < -0.4 is 9.60 Å². The molecule has 3 rings (SSSR count). The molecule has 1 aromatic carbocycles. The van der Waals surface area contributed by atoms with Gasteiger partial charge in [-0.3, -0.25) is 9.36 Å². The second-order valence-electron chi connectivity index (χ2n) is 7.45. The van der Waals surface area contributed by atoms with Crippen molar-refractivity contribution in [1.29, 1.82) is 0 Å². The highest BCUT2D eigenvalue weighted by atomic mass is 32.2. The van der Waals surface area contributed by atoms with Crippen molar-refractivity contribution in [3.63, 3.8) is 0 Å². The van der Waals surface area contributed by atoms with Gasteiger partial charge in [-0.1, -0.05) is 25.2 Å². The lowest BCUT2D eigenvalue weighted by Crippen LogP contribution is -2.36. The molecule has 0 bridgehead atoms. The van der Waals surface area contributed by atoms with E-state index >= 15 is 0 Å². The largest absolute Gasteiger partial charge is 0.308 e. The number of hydrogen-bond acceptors (Lipinski definition) is 5. The minimum atomic E-state index is -3.55. The molecular formula is C19H29N3O3S2. The van der Waals surface area contributed by atoms with Gasteiger partial charge in [-0.25, -0.2) is 13.1 Å². The Hall–Kier alpha value is -1.22. The molecule has 1 aliphatic heterocycles. The quantitative estimate of drug-likeness (QED) is 0.678. The predicted octanol–water partition coefficient (Wildman–Crippen LogP) is 2.87. The van der Waals surface area contributed by atoms with Crippen LogP contribution in [0.4, 0.5) is 0 Å². The Balaban J connectivity index is 1.61. The Kier molecular flexibility index (Phi) is 6.73. The van der Waals surface area contributed by atoms with E-state index in [1.54, 1.807) is 22.8 Å². The number of thiazole rings is 1. The van der Waals surface area contributed by atoms with Crippen molar-refractivity contribution in [2.45, 2.75) is 51.0 Å². The number of hydrogen-bond donors (Lipinski definition) is 1. The molecule has 1 aromatic heterocycles. The lowest BCUT2D eigenvalue weighted by Gasteiger charge is -2.30. The molecule has 1 aliphatic rings. The van der Waals surface area contributed by atoms with Crippen LogP contribution in [0.1, 0.15) is 39.5 Å². The van der Waals surface area contributed by atoms with Crippen LogP contribution in [0.5, 0.6) is 0 Å². The topological polar surface area (TPSA) is 71.4 Å². The number of piperidine rings is 1. The van der Waals surface area contributed by atoms with Crippen LogP contribution >= 0.6 is 11.3 Å². The predicted molar refractivity (Wildman–Crippen MR) is 111 cm³/mol. The van der Waals surface area contributed by atoms with Crippen molar-refractivity contribution in [2.75, 3.05) is 26.2 Å². The molecule has 2 aromatic rings. The third-order valence-corrected chi connectivity index (χ3v) is 7.48. The third kappa shape index (κ3) is 4.99. The monoisotopic (exact) mass is 411 g/mol. The van der Waals surface area contributed by atoms with Crippen LogP contribution in [0, 0.1) is 5.92 Å². The van der Waals surface area contributed by atoms with Gasteiger partial charge in [0.2, 0.25) is 10.0 Å². The summed E-state index contributed by atoms with van der Waals surface area (Å²) >= 11 is 1.10. The number of rotatable bonds is 8. The normalized spacial score (nSPS) is 19.0. The molecule has 150 valence electrons. The lowest BCUT2D eigenvalue weighted by molar-refractivity contribution is 0.182. The van der Waals surface area contributed by atoms with Crippen LogP contribution in [-0.2, 0) is 16.6 Å². The SMILES string of the molecule is CCCn1c(=O)sc2cc(S(=O)(=O)NCCCN3CCCC(C)C3)ccc21. The van der Waals surface area contributed by atoms with Crippen LogP contribution in [0.15, 0.2) is 27.9 Å². The summed E-state index contributed by atoms with van der Waals surface area (Å²) in [6.45, 7) is 8.51. The number of nitrogens with zero attached hydrogens (tertiary/aromatic N) is 2. The molecule has 1 saturated heterocycles. The van der Waals surface area contributed by atoms with Crippen LogP contribution in [-0.4, -0.2) is 44.1 Å². The molecule has 1 fully saturated rings. The molecule has 0 radical (unpaired) electrons. The first-order valence-electron chi connectivity index (χ1n) is 9.76. The zero-order valence-electron chi connectivity index (χ0n) is 16.1. The van der Waals surface area contributed by atoms with Gasteiger partial charge in [0.1, 0.15) is 0 Å². The summed E-state index contributed by atoms with van der Waals surface area (Å²) in [4.78, 5) is 14.7. The minimum absolute atomic E-state index is 0.0369. The third-order valence-electron chi connectivity index (χ3n) is 5.08. The molecule has 2 heterocycles. The fourth-order valence-electron chi connectivity index (χ4n) is 3.73. The number of likely N-dealkylation sites (tertiary alicyclic amines) is 1. The Morgan fingerprint density at radius 1 is 1.30 bits per heavy atom. The van der Waals surface area contributed by atoms with Gasteiger partial charge in [0.15, 0.2) is 0 Å². The molecular weight excluding hydrogens is 382 g/mol. The summed E-state index contributed by atoms with van der Waals surface area (Å²) in [7, 11) is -3.55. The van der Waals surface area contributed by atoms with E-state index in [2.05, 4.69) is 16.5 Å². The number of aromatic nitrogens is 1. The summed E-state index contributed by atoms with van der Waals surface area (Å²) in [6, 6.07) is 4.95. The Labute approximate surface area is 165 Å². The molecule has 1 unspecified atom stereocenters. The molecule has 0 saturated carbocycles. The highest BCUT2D eigenvalue weighted by molar-refractivity contribution is 7.89. The van der Waals surface area contributed by atoms with Crippen molar-refractivity contribution in [3.8, 4) is 0 Å². The van der Waals surface area contributed by atoms with Gasteiger partial charge in [0.05, 0.1) is 15.1 Å². The highest BCUT2D eigenvalue weighted by Crippen LogP contribution is 2.22. The summed E-state index contributed by atoms with van der Waals surface area (Å²) < 4.78 is 30.3. The van der Waals surface area contributed by atoms with Crippen LogP contribution in [0.2, 0.25) is 0 Å². The van der Waals surface area contributed by atoms with E-state index in [-0.39, 0.29) is 9.77 Å². The minimum Gasteiger partial charge on any atom is -0.303 e. The number of nitrogens with one attached hydrogen (secondary N) is 1. The summed E-state index contributed by atoms with van der Waals surface area (Å²) in [5, 5.41) is 0. The first kappa shape index (κ1) is 20.5. The zero-order chi connectivity index (χ0) is 19.4. The highest BCUT2D eigenvalue weighted by Gasteiger charge is 2.18. The molecule has 27 heavy (non-hydrogen) atoms. The van der Waals surface area contributed by atoms with E-state index in [1.807, 2.05) is 6.92 Å². The molecule has 6 nitrogen and oxygen atoms in total. The van der Waals surface area contributed by atoms with E-state index in [0.29, 0.717) is 13.1 Å². The van der Waals surface area contributed by atoms with Crippen LogP contribution in [0.3, 0.4) is 0 Å². The van der Waals surface area contributed by atoms with Crippen molar-refractivity contribution in [1.82, 2.24) is 14.2 Å². The maximum absolute atomic E-state index is 12.6. The van der Waals surface area contributed by atoms with E-state index in [9.17, 15) is 13.2 Å². The van der Waals surface area contributed by atoms with Gasteiger partial charge < -0.3 is 4.90 Å². The molecule has 0 aliphatic carbocycles. The van der Waals surface area contributed by atoms with Crippen molar-refractivity contribution in [3.05, 3.63) is 27.9 Å². The molecule has 0 spiro atoms. The second-order valence-corrected chi connectivity index (χ2v) is 10.2. The molecule has 0 amide bonds. The summed E-state index contributed by atoms with van der Waals surface area (Å²) in [5.41, 5.74) is 0.810. The Morgan fingerprint density at radius 3 is 2.85 bits per heavy atom. The first-order valence-corrected chi connectivity index (χ1v) is 12.1. The lowest BCUT2D eigenvalue weighted by atomic mass is 10.0. The average Bonchev–Trinajstić information content (AvgIpc) is 2.94. The summed E-state index contributed by atoms with van der Waals surface area (Å²) in [5.74, 6) is 0.731. The fourth-order valence-corrected chi connectivity index (χ4v) is 5.86. The van der Waals surface area contributed by atoms with E-state index in [1.165, 1.54) is 12.8 Å². The van der Waals surface area contributed by atoms with E-state index in [4.69, 9.17) is 0 Å². The number of sulfonamides is 1. The van der Waals surface area contributed by atoms with Gasteiger partial charge in [-0.15, -0.1) is 0 Å². The fraction of sp³-hybridized carbons (Fsp3) is 0.632. The van der Waals surface area contributed by atoms with E-state index < -0.39 is 10.0 Å².